The van der Waals surface area contributed by atoms with Crippen LogP contribution in [0.15, 0.2) is 30.6 Å². The van der Waals surface area contributed by atoms with Crippen LogP contribution in [0.2, 0.25) is 0 Å². The van der Waals surface area contributed by atoms with Crippen molar-refractivity contribution in [1.82, 2.24) is 9.97 Å². The van der Waals surface area contributed by atoms with E-state index in [1.54, 1.807) is 0 Å². The van der Waals surface area contributed by atoms with E-state index < -0.39 is 4.92 Å². The van der Waals surface area contributed by atoms with Crippen molar-refractivity contribution in [1.29, 1.82) is 0 Å². The van der Waals surface area contributed by atoms with Gasteiger partial charge in [-0.3, -0.25) is 10.1 Å². The maximum atomic E-state index is 11.2. The van der Waals surface area contributed by atoms with Crippen molar-refractivity contribution >= 4 is 23.0 Å². The average Bonchev–Trinajstić information content (AvgIpc) is 2.46. The third-order valence-electron chi connectivity index (χ3n) is 2.96. The monoisotopic (exact) mass is 288 g/mol. The number of rotatable bonds is 5. The van der Waals surface area contributed by atoms with Gasteiger partial charge in [0.1, 0.15) is 6.33 Å². The topological polar surface area (TPSA) is 119 Å². The fourth-order valence-corrected chi connectivity index (χ4v) is 1.86. The molecule has 0 saturated heterocycles. The molecular weight excluding hydrogens is 272 g/mol. The van der Waals surface area contributed by atoms with E-state index in [0.29, 0.717) is 11.6 Å². The van der Waals surface area contributed by atoms with Crippen molar-refractivity contribution in [2.45, 2.75) is 19.8 Å². The Hall–Kier alpha value is -2.74. The zero-order chi connectivity index (χ0) is 15.4. The maximum Gasteiger partial charge on any atom is 0.354 e. The highest BCUT2D eigenvalue weighted by Crippen LogP contribution is 2.31. The minimum Gasteiger partial charge on any atom is -0.334 e. The number of hydrogen-bond acceptors (Lipinski definition) is 7. The molecule has 0 saturated carbocycles. The summed E-state index contributed by atoms with van der Waals surface area (Å²) in [5.41, 5.74) is 3.74. The Labute approximate surface area is 121 Å². The lowest BCUT2D eigenvalue weighted by molar-refractivity contribution is -0.383. The van der Waals surface area contributed by atoms with Crippen LogP contribution in [0.5, 0.6) is 0 Å². The molecule has 21 heavy (non-hydrogen) atoms. The quantitative estimate of drug-likeness (QED) is 0.439. The predicted octanol–water partition coefficient (Wildman–Crippen LogP) is 2.54. The first-order valence-electron chi connectivity index (χ1n) is 6.36. The van der Waals surface area contributed by atoms with E-state index in [1.807, 2.05) is 24.3 Å². The summed E-state index contributed by atoms with van der Waals surface area (Å²) in [7, 11) is 0. The molecule has 1 aromatic heterocycles. The average molecular weight is 288 g/mol. The first kappa shape index (κ1) is 14.7. The molecule has 2 aromatic rings. The third-order valence-corrected chi connectivity index (χ3v) is 2.96. The molecule has 0 unspecified atom stereocenters. The first-order valence-corrected chi connectivity index (χ1v) is 6.36. The van der Waals surface area contributed by atoms with Crippen molar-refractivity contribution in [3.05, 3.63) is 46.3 Å². The van der Waals surface area contributed by atoms with Crippen LogP contribution < -0.4 is 16.6 Å². The molecule has 0 aliphatic rings. The van der Waals surface area contributed by atoms with E-state index in [4.69, 9.17) is 5.84 Å². The number of anilines is 3. The number of hydrogen-bond donors (Lipinski definition) is 3. The highest BCUT2D eigenvalue weighted by Gasteiger charge is 2.22. The molecule has 8 nitrogen and oxygen atoms in total. The molecule has 110 valence electrons. The maximum absolute atomic E-state index is 11.2. The predicted molar refractivity (Wildman–Crippen MR) is 80.3 cm³/mol. The van der Waals surface area contributed by atoms with Crippen LogP contribution in [0.3, 0.4) is 0 Å². The zero-order valence-electron chi connectivity index (χ0n) is 11.7. The Morgan fingerprint density at radius 2 is 2.00 bits per heavy atom. The second-order valence-electron chi connectivity index (χ2n) is 4.73. The van der Waals surface area contributed by atoms with Crippen LogP contribution in [0.4, 0.5) is 23.0 Å². The van der Waals surface area contributed by atoms with Gasteiger partial charge >= 0.3 is 5.69 Å². The highest BCUT2D eigenvalue weighted by molar-refractivity contribution is 5.73. The van der Waals surface area contributed by atoms with Gasteiger partial charge in [0.25, 0.3) is 0 Å². The largest absolute Gasteiger partial charge is 0.354 e. The van der Waals surface area contributed by atoms with Gasteiger partial charge in [-0.05, 0) is 23.6 Å². The molecule has 0 amide bonds. The van der Waals surface area contributed by atoms with E-state index in [0.717, 1.165) is 5.56 Å². The Morgan fingerprint density at radius 3 is 2.62 bits per heavy atom. The van der Waals surface area contributed by atoms with Gasteiger partial charge in [0.05, 0.1) is 4.92 Å². The smallest absolute Gasteiger partial charge is 0.334 e. The molecule has 0 radical (unpaired) electrons. The van der Waals surface area contributed by atoms with Crippen molar-refractivity contribution in [3.8, 4) is 0 Å². The number of nitrogens with one attached hydrogen (secondary N) is 2. The lowest BCUT2D eigenvalue weighted by Crippen LogP contribution is -2.12. The number of aromatic nitrogens is 2. The SMILES string of the molecule is CC(C)c1cccc(Nc2ncnc(NN)c2[N+](=O)[O-])c1. The fraction of sp³-hybridized carbons (Fsp3) is 0.231. The van der Waals surface area contributed by atoms with Gasteiger partial charge in [-0.2, -0.15) is 0 Å². The van der Waals surface area contributed by atoms with Gasteiger partial charge in [0.15, 0.2) is 0 Å². The van der Waals surface area contributed by atoms with Gasteiger partial charge in [-0.15, -0.1) is 0 Å². The summed E-state index contributed by atoms with van der Waals surface area (Å²) >= 11 is 0. The van der Waals surface area contributed by atoms with Gasteiger partial charge in [-0.1, -0.05) is 26.0 Å². The van der Waals surface area contributed by atoms with E-state index in [1.165, 1.54) is 6.33 Å². The van der Waals surface area contributed by atoms with Gasteiger partial charge in [0.2, 0.25) is 11.6 Å². The number of nitrogens with zero attached hydrogens (tertiary/aromatic N) is 3. The highest BCUT2D eigenvalue weighted by atomic mass is 16.6. The molecule has 4 N–H and O–H groups in total. The molecule has 0 fully saturated rings. The van der Waals surface area contributed by atoms with E-state index in [9.17, 15) is 10.1 Å². The first-order chi connectivity index (χ1) is 10.0. The van der Waals surface area contributed by atoms with Crippen molar-refractivity contribution in [2.24, 2.45) is 5.84 Å². The molecule has 0 aliphatic heterocycles. The number of benzene rings is 1. The Kier molecular flexibility index (Phi) is 4.29. The number of nitrogens with two attached hydrogens (primary N) is 1. The minimum absolute atomic E-state index is 0.0440. The second kappa shape index (κ2) is 6.14. The Bertz CT molecular complexity index is 659. The number of nitro groups is 1. The van der Waals surface area contributed by atoms with Crippen molar-refractivity contribution in [3.63, 3.8) is 0 Å². The molecule has 1 aromatic carbocycles. The van der Waals surface area contributed by atoms with Crippen LogP contribution in [0.25, 0.3) is 0 Å². The van der Waals surface area contributed by atoms with Gasteiger partial charge in [0, 0.05) is 5.69 Å². The number of hydrazine groups is 1. The fourth-order valence-electron chi connectivity index (χ4n) is 1.86. The second-order valence-corrected chi connectivity index (χ2v) is 4.73. The van der Waals surface area contributed by atoms with E-state index in [-0.39, 0.29) is 17.3 Å². The Balaban J connectivity index is 2.40. The molecule has 0 spiro atoms. The van der Waals surface area contributed by atoms with Crippen LogP contribution >= 0.6 is 0 Å². The molecule has 2 rings (SSSR count). The normalized spacial score (nSPS) is 10.5. The van der Waals surface area contributed by atoms with Crippen molar-refractivity contribution < 1.29 is 4.92 Å². The Morgan fingerprint density at radius 1 is 1.29 bits per heavy atom. The molecular formula is C13H16N6O2. The van der Waals surface area contributed by atoms with Crippen LogP contribution in [0, 0.1) is 10.1 Å². The van der Waals surface area contributed by atoms with E-state index >= 15 is 0 Å². The van der Waals surface area contributed by atoms with Crippen LogP contribution in [-0.4, -0.2) is 14.9 Å². The molecule has 0 atom stereocenters. The standard InChI is InChI=1S/C13H16N6O2/c1-8(2)9-4-3-5-10(6-9)17-12-11(19(20)21)13(18-14)16-7-15-12/h3-8H,14H2,1-2H3,(H2,15,16,17,18). The van der Waals surface area contributed by atoms with E-state index in [2.05, 4.69) is 34.6 Å². The summed E-state index contributed by atoms with van der Waals surface area (Å²) < 4.78 is 0. The molecule has 0 bridgehead atoms. The summed E-state index contributed by atoms with van der Waals surface area (Å²) in [4.78, 5) is 18.2. The lowest BCUT2D eigenvalue weighted by Gasteiger charge is -2.10. The molecule has 1 heterocycles. The zero-order valence-corrected chi connectivity index (χ0v) is 11.7. The summed E-state index contributed by atoms with van der Waals surface area (Å²) in [6.45, 7) is 4.14. The molecule has 8 heteroatoms. The summed E-state index contributed by atoms with van der Waals surface area (Å²) in [5.74, 6) is 5.64. The van der Waals surface area contributed by atoms with Crippen LogP contribution in [-0.2, 0) is 0 Å². The van der Waals surface area contributed by atoms with Crippen LogP contribution in [0.1, 0.15) is 25.3 Å². The summed E-state index contributed by atoms with van der Waals surface area (Å²) in [5, 5.41) is 14.1. The van der Waals surface area contributed by atoms with Gasteiger partial charge < -0.3 is 10.7 Å². The third kappa shape index (κ3) is 3.23. The minimum atomic E-state index is -0.580. The summed E-state index contributed by atoms with van der Waals surface area (Å²) in [6, 6.07) is 7.61. The number of nitrogen functional groups attached to an aromatic ring is 1. The molecule has 0 aliphatic carbocycles. The summed E-state index contributed by atoms with van der Waals surface area (Å²) in [6.07, 6.45) is 1.21. The van der Waals surface area contributed by atoms with Crippen molar-refractivity contribution in [2.75, 3.05) is 10.7 Å². The lowest BCUT2D eigenvalue weighted by atomic mass is 10.0. The van der Waals surface area contributed by atoms with Gasteiger partial charge in [-0.25, -0.2) is 15.8 Å².